The first-order valence-corrected chi connectivity index (χ1v) is 7.55. The number of nitrogens with two attached hydrogens (primary N) is 1. The largest absolute Gasteiger partial charge is 0.382 e. The number of imidazole rings is 1. The molecule has 0 aliphatic rings. The quantitative estimate of drug-likeness (QED) is 0.679. The Morgan fingerprint density at radius 2 is 2.27 bits per heavy atom. The van der Waals surface area contributed by atoms with Crippen LogP contribution in [0.3, 0.4) is 0 Å². The Balaban J connectivity index is 1.54. The summed E-state index contributed by atoms with van der Waals surface area (Å²) in [5.41, 5.74) is 7.51. The zero-order chi connectivity index (χ0) is 15.5. The van der Waals surface area contributed by atoms with E-state index in [1.165, 1.54) is 17.9 Å². The smallest absolute Gasteiger partial charge is 0.270 e. The number of aromatic nitrogens is 5. The van der Waals surface area contributed by atoms with E-state index in [9.17, 15) is 4.79 Å². The van der Waals surface area contributed by atoms with Crippen molar-refractivity contribution in [2.75, 3.05) is 12.3 Å². The van der Waals surface area contributed by atoms with E-state index < -0.39 is 0 Å². The van der Waals surface area contributed by atoms with E-state index in [4.69, 9.17) is 5.73 Å². The predicted octanol–water partition coefficient (Wildman–Crippen LogP) is 0.994. The molecule has 3 aromatic rings. The Hall–Kier alpha value is -2.55. The molecule has 0 radical (unpaired) electrons. The van der Waals surface area contributed by atoms with Crippen LogP contribution in [-0.2, 0) is 6.54 Å². The first-order chi connectivity index (χ1) is 10.6. The van der Waals surface area contributed by atoms with Gasteiger partial charge in [-0.1, -0.05) is 0 Å². The van der Waals surface area contributed by atoms with E-state index in [0.29, 0.717) is 35.8 Å². The molecule has 0 aromatic carbocycles. The lowest BCUT2D eigenvalue weighted by atomic mass is 10.3. The number of hydrogen-bond acceptors (Lipinski definition) is 7. The van der Waals surface area contributed by atoms with Crippen molar-refractivity contribution in [2.24, 2.45) is 0 Å². The lowest BCUT2D eigenvalue weighted by Gasteiger charge is -2.05. The molecule has 0 fully saturated rings. The monoisotopic (exact) mass is 317 g/mol. The summed E-state index contributed by atoms with van der Waals surface area (Å²) in [5, 5.41) is 2.85. The van der Waals surface area contributed by atoms with Crippen LogP contribution in [0.25, 0.3) is 11.2 Å². The van der Waals surface area contributed by atoms with E-state index >= 15 is 0 Å². The maximum Gasteiger partial charge on any atom is 0.270 e. The Bertz CT molecular complexity index is 810. The number of nitrogens with zero attached hydrogens (tertiary/aromatic N) is 5. The van der Waals surface area contributed by atoms with E-state index in [2.05, 4.69) is 24.6 Å². The highest BCUT2D eigenvalue weighted by Crippen LogP contribution is 2.14. The first-order valence-electron chi connectivity index (χ1n) is 6.78. The minimum Gasteiger partial charge on any atom is -0.382 e. The number of hydrogen-bond donors (Lipinski definition) is 2. The van der Waals surface area contributed by atoms with Crippen LogP contribution in [0.4, 0.5) is 5.82 Å². The Morgan fingerprint density at radius 3 is 3.05 bits per heavy atom. The van der Waals surface area contributed by atoms with E-state index in [1.54, 1.807) is 12.4 Å². The molecule has 0 saturated heterocycles. The van der Waals surface area contributed by atoms with Crippen molar-refractivity contribution in [2.45, 2.75) is 19.9 Å². The highest BCUT2D eigenvalue weighted by Gasteiger charge is 2.09. The number of rotatable bonds is 5. The topological polar surface area (TPSA) is 112 Å². The molecule has 22 heavy (non-hydrogen) atoms. The molecule has 0 aliphatic heterocycles. The van der Waals surface area contributed by atoms with Crippen molar-refractivity contribution >= 4 is 34.4 Å². The molecule has 3 rings (SSSR count). The van der Waals surface area contributed by atoms with Gasteiger partial charge in [0.2, 0.25) is 0 Å². The molecule has 0 saturated carbocycles. The normalized spacial score (nSPS) is 11.0. The minimum absolute atomic E-state index is 0.147. The summed E-state index contributed by atoms with van der Waals surface area (Å²) in [6.07, 6.45) is 3.85. The van der Waals surface area contributed by atoms with Crippen molar-refractivity contribution < 1.29 is 4.79 Å². The van der Waals surface area contributed by atoms with Crippen LogP contribution in [0.15, 0.2) is 18.7 Å². The summed E-state index contributed by atoms with van der Waals surface area (Å²) < 4.78 is 5.97. The van der Waals surface area contributed by atoms with Crippen LogP contribution in [0, 0.1) is 6.92 Å². The predicted molar refractivity (Wildman–Crippen MR) is 83.5 cm³/mol. The summed E-state index contributed by atoms with van der Waals surface area (Å²) >= 11 is 1.32. The molecule has 0 atom stereocenters. The molecule has 0 spiro atoms. The van der Waals surface area contributed by atoms with Gasteiger partial charge in [0.25, 0.3) is 5.91 Å². The summed E-state index contributed by atoms with van der Waals surface area (Å²) in [6, 6.07) is 1.78. The number of nitrogens with one attached hydrogen (secondary N) is 1. The average Bonchev–Trinajstić information content (AvgIpc) is 3.11. The standard InChI is InChI=1S/C13H15N7OS/c1-8-5-9(19-22-8)13(21)15-3-2-4-20-7-18-10-11(14)16-6-17-12(10)20/h5-7H,2-4H2,1H3,(H,15,21)(H2,14,16,17). The van der Waals surface area contributed by atoms with Crippen LogP contribution in [-0.4, -0.2) is 36.3 Å². The summed E-state index contributed by atoms with van der Waals surface area (Å²) in [4.78, 5) is 25.2. The molecule has 0 bridgehead atoms. The third kappa shape index (κ3) is 2.89. The molecular formula is C13H15N7OS. The molecule has 0 unspecified atom stereocenters. The molecular weight excluding hydrogens is 302 g/mol. The van der Waals surface area contributed by atoms with Gasteiger partial charge < -0.3 is 15.6 Å². The van der Waals surface area contributed by atoms with Crippen LogP contribution in [0.5, 0.6) is 0 Å². The molecule has 3 aromatic heterocycles. The Labute approximate surface area is 130 Å². The molecule has 3 N–H and O–H groups in total. The van der Waals surface area contributed by atoms with Crippen molar-refractivity contribution in [3.05, 3.63) is 29.3 Å². The number of amides is 1. The molecule has 1 amide bonds. The Morgan fingerprint density at radius 1 is 1.41 bits per heavy atom. The number of fused-ring (bicyclic) bond motifs is 1. The zero-order valence-corrected chi connectivity index (χ0v) is 12.8. The lowest BCUT2D eigenvalue weighted by Crippen LogP contribution is -2.25. The minimum atomic E-state index is -0.147. The van der Waals surface area contributed by atoms with Gasteiger partial charge in [0.15, 0.2) is 11.5 Å². The number of nitrogen functional groups attached to an aromatic ring is 1. The van der Waals surface area contributed by atoms with E-state index in [1.807, 2.05) is 11.5 Å². The number of carbonyl (C=O) groups is 1. The van der Waals surface area contributed by atoms with E-state index in [-0.39, 0.29) is 5.91 Å². The third-order valence-electron chi connectivity index (χ3n) is 3.15. The SMILES string of the molecule is Cc1cc(C(=O)NCCCn2cnc3c(N)ncnc32)ns1. The van der Waals surface area contributed by atoms with Gasteiger partial charge in [-0.3, -0.25) is 4.79 Å². The number of anilines is 1. The van der Waals surface area contributed by atoms with Crippen molar-refractivity contribution in [1.29, 1.82) is 0 Å². The molecule has 114 valence electrons. The van der Waals surface area contributed by atoms with Crippen LogP contribution in [0.1, 0.15) is 21.8 Å². The highest BCUT2D eigenvalue weighted by molar-refractivity contribution is 7.05. The van der Waals surface area contributed by atoms with Gasteiger partial charge >= 0.3 is 0 Å². The maximum atomic E-state index is 11.9. The zero-order valence-electron chi connectivity index (χ0n) is 12.0. The maximum absolute atomic E-state index is 11.9. The van der Waals surface area contributed by atoms with E-state index in [0.717, 1.165) is 11.3 Å². The van der Waals surface area contributed by atoms with Gasteiger partial charge in [0.1, 0.15) is 17.5 Å². The fourth-order valence-corrected chi connectivity index (χ4v) is 2.62. The molecule has 8 nitrogen and oxygen atoms in total. The second kappa shape index (κ2) is 6.06. The van der Waals surface area contributed by atoms with Gasteiger partial charge in [-0.15, -0.1) is 0 Å². The second-order valence-electron chi connectivity index (χ2n) is 4.80. The number of carbonyl (C=O) groups excluding carboxylic acids is 1. The molecule has 0 aliphatic carbocycles. The molecule has 3 heterocycles. The van der Waals surface area contributed by atoms with Crippen molar-refractivity contribution in [3.8, 4) is 0 Å². The fraction of sp³-hybridized carbons (Fsp3) is 0.308. The fourth-order valence-electron chi connectivity index (χ4n) is 2.08. The second-order valence-corrected chi connectivity index (χ2v) is 5.81. The van der Waals surface area contributed by atoms with Gasteiger partial charge in [-0.2, -0.15) is 4.37 Å². The van der Waals surface area contributed by atoms with Crippen LogP contribution in [0.2, 0.25) is 0 Å². The van der Waals surface area contributed by atoms with Crippen molar-refractivity contribution in [1.82, 2.24) is 29.2 Å². The van der Waals surface area contributed by atoms with Gasteiger partial charge in [-0.05, 0) is 30.9 Å². The van der Waals surface area contributed by atoms with Crippen LogP contribution < -0.4 is 11.1 Å². The highest BCUT2D eigenvalue weighted by atomic mass is 32.1. The molecule has 9 heteroatoms. The number of aryl methyl sites for hydroxylation is 2. The summed E-state index contributed by atoms with van der Waals surface area (Å²) in [7, 11) is 0. The first kappa shape index (κ1) is 14.4. The summed E-state index contributed by atoms with van der Waals surface area (Å²) in [5.74, 6) is 0.224. The summed E-state index contributed by atoms with van der Waals surface area (Å²) in [6.45, 7) is 3.16. The van der Waals surface area contributed by atoms with Crippen molar-refractivity contribution in [3.63, 3.8) is 0 Å². The van der Waals surface area contributed by atoms with Crippen LogP contribution >= 0.6 is 11.5 Å². The third-order valence-corrected chi connectivity index (χ3v) is 3.85. The lowest BCUT2D eigenvalue weighted by molar-refractivity contribution is 0.0949. The van der Waals surface area contributed by atoms with Gasteiger partial charge in [-0.25, -0.2) is 15.0 Å². The van der Waals surface area contributed by atoms with Gasteiger partial charge in [0.05, 0.1) is 6.33 Å². The van der Waals surface area contributed by atoms with Gasteiger partial charge in [0, 0.05) is 18.0 Å². The Kier molecular flexibility index (Phi) is 3.96. The average molecular weight is 317 g/mol.